The highest BCUT2D eigenvalue weighted by Crippen LogP contribution is 2.27. The number of hydrogen-bond acceptors (Lipinski definition) is 5. The van der Waals surface area contributed by atoms with Crippen LogP contribution in [0.1, 0.15) is 41.9 Å². The Morgan fingerprint density at radius 1 is 1.05 bits per heavy atom. The fourth-order valence-electron chi connectivity index (χ4n) is 5.32. The molecular formula is C34H42N6O3. The molecule has 1 fully saturated rings. The number of hydrogen-bond donors (Lipinski definition) is 5. The van der Waals surface area contributed by atoms with E-state index in [0.717, 1.165) is 22.4 Å². The van der Waals surface area contributed by atoms with Gasteiger partial charge in [0.2, 0.25) is 11.8 Å². The third-order valence-electron chi connectivity index (χ3n) is 7.65. The third-order valence-corrected chi connectivity index (χ3v) is 7.65. The number of nitrogens with one attached hydrogen (secondary N) is 4. The summed E-state index contributed by atoms with van der Waals surface area (Å²) >= 11 is 0. The second-order valence-corrected chi connectivity index (χ2v) is 10.7. The van der Waals surface area contributed by atoms with Crippen molar-refractivity contribution in [1.29, 1.82) is 5.41 Å². The number of ether oxygens (including phenoxy) is 1. The Bertz CT molecular complexity index is 1310. The molecule has 6 N–H and O–H groups in total. The van der Waals surface area contributed by atoms with Crippen molar-refractivity contribution >= 4 is 23.8 Å². The van der Waals surface area contributed by atoms with Crippen LogP contribution in [0.2, 0.25) is 0 Å². The van der Waals surface area contributed by atoms with Crippen LogP contribution in [0.3, 0.4) is 0 Å². The maximum atomic E-state index is 13.9. The fraction of sp³-hybridized carbons (Fsp3) is 0.324. The maximum Gasteiger partial charge on any atom is 0.244 e. The highest BCUT2D eigenvalue weighted by Gasteiger charge is 2.32. The lowest BCUT2D eigenvalue weighted by Crippen LogP contribution is -2.49. The van der Waals surface area contributed by atoms with Crippen molar-refractivity contribution in [2.75, 3.05) is 33.3 Å². The lowest BCUT2D eigenvalue weighted by atomic mass is 9.90. The van der Waals surface area contributed by atoms with E-state index in [9.17, 15) is 9.59 Å². The largest absolute Gasteiger partial charge is 0.497 e. The highest BCUT2D eigenvalue weighted by molar-refractivity contribution is 5.91. The van der Waals surface area contributed by atoms with Crippen LogP contribution in [0.5, 0.6) is 5.75 Å². The SMILES string of the molecule is COc1ccc(/C=C/C(=O)NC[C@@H]2CCN(CC(c3ccccc3)c3ccccc3)C(=O)[C@H](CCCNC(=N)N)N2)cc1. The Kier molecular flexibility index (Phi) is 11.7. The summed E-state index contributed by atoms with van der Waals surface area (Å²) in [6.45, 7) is 2.04. The van der Waals surface area contributed by atoms with Crippen LogP contribution in [-0.2, 0) is 9.59 Å². The summed E-state index contributed by atoms with van der Waals surface area (Å²) in [6.07, 6.45) is 5.23. The molecule has 2 amide bonds. The molecular weight excluding hydrogens is 540 g/mol. The smallest absolute Gasteiger partial charge is 0.244 e. The molecule has 0 bridgehead atoms. The van der Waals surface area contributed by atoms with E-state index in [1.807, 2.05) is 65.6 Å². The van der Waals surface area contributed by atoms with Gasteiger partial charge in [-0.3, -0.25) is 15.0 Å². The monoisotopic (exact) mass is 582 g/mol. The number of carbonyl (C=O) groups excluding carboxylic acids is 2. The van der Waals surface area contributed by atoms with Crippen LogP contribution in [0, 0.1) is 5.41 Å². The first-order chi connectivity index (χ1) is 20.9. The van der Waals surface area contributed by atoms with Gasteiger partial charge in [0.25, 0.3) is 0 Å². The summed E-state index contributed by atoms with van der Waals surface area (Å²) in [5.74, 6) is 0.563. The minimum atomic E-state index is -0.416. The molecule has 0 saturated carbocycles. The molecule has 0 aromatic heterocycles. The zero-order valence-electron chi connectivity index (χ0n) is 24.7. The second-order valence-electron chi connectivity index (χ2n) is 10.7. The summed E-state index contributed by atoms with van der Waals surface area (Å²) in [5.41, 5.74) is 8.67. The van der Waals surface area contributed by atoms with Crippen molar-refractivity contribution in [3.05, 3.63) is 108 Å². The van der Waals surface area contributed by atoms with E-state index in [1.54, 1.807) is 13.2 Å². The van der Waals surface area contributed by atoms with Gasteiger partial charge >= 0.3 is 0 Å². The molecule has 3 aromatic rings. The van der Waals surface area contributed by atoms with E-state index in [4.69, 9.17) is 15.9 Å². The zero-order valence-corrected chi connectivity index (χ0v) is 24.7. The van der Waals surface area contributed by atoms with E-state index in [1.165, 1.54) is 6.08 Å². The molecule has 0 spiro atoms. The molecule has 2 atom stereocenters. The number of nitrogens with zero attached hydrogens (tertiary/aromatic N) is 1. The molecule has 9 heteroatoms. The minimum Gasteiger partial charge on any atom is -0.497 e. The first kappa shape index (κ1) is 31.3. The number of benzene rings is 3. The summed E-state index contributed by atoms with van der Waals surface area (Å²) in [7, 11) is 1.62. The van der Waals surface area contributed by atoms with Crippen molar-refractivity contribution in [2.24, 2.45) is 5.73 Å². The molecule has 0 aliphatic carbocycles. The zero-order chi connectivity index (χ0) is 30.4. The molecule has 1 aliphatic heterocycles. The van der Waals surface area contributed by atoms with Crippen molar-refractivity contribution in [1.82, 2.24) is 20.9 Å². The van der Waals surface area contributed by atoms with Gasteiger partial charge in [-0.15, -0.1) is 0 Å². The van der Waals surface area contributed by atoms with Gasteiger partial charge in [-0.2, -0.15) is 0 Å². The lowest BCUT2D eigenvalue weighted by Gasteiger charge is -2.29. The number of amides is 2. The molecule has 43 heavy (non-hydrogen) atoms. The molecule has 0 radical (unpaired) electrons. The molecule has 3 aromatic carbocycles. The lowest BCUT2D eigenvalue weighted by molar-refractivity contribution is -0.133. The normalized spacial score (nSPS) is 17.1. The van der Waals surface area contributed by atoms with E-state index in [-0.39, 0.29) is 29.7 Å². The Hall–Kier alpha value is -4.63. The van der Waals surface area contributed by atoms with Crippen molar-refractivity contribution in [2.45, 2.75) is 37.3 Å². The predicted octanol–water partition coefficient (Wildman–Crippen LogP) is 3.48. The summed E-state index contributed by atoms with van der Waals surface area (Å²) in [4.78, 5) is 28.5. The van der Waals surface area contributed by atoms with Crippen molar-refractivity contribution in [3.63, 3.8) is 0 Å². The van der Waals surface area contributed by atoms with Crippen LogP contribution in [0.25, 0.3) is 6.08 Å². The Morgan fingerprint density at radius 2 is 1.70 bits per heavy atom. The van der Waals surface area contributed by atoms with Crippen LogP contribution in [-0.4, -0.2) is 68.0 Å². The van der Waals surface area contributed by atoms with Crippen LogP contribution in [0.4, 0.5) is 0 Å². The summed E-state index contributed by atoms with van der Waals surface area (Å²) in [6, 6.07) is 27.6. The highest BCUT2D eigenvalue weighted by atomic mass is 16.5. The van der Waals surface area contributed by atoms with E-state index < -0.39 is 6.04 Å². The topological polar surface area (TPSA) is 133 Å². The number of guanidine groups is 1. The van der Waals surface area contributed by atoms with Gasteiger partial charge in [0, 0.05) is 44.2 Å². The molecule has 9 nitrogen and oxygen atoms in total. The fourth-order valence-corrected chi connectivity index (χ4v) is 5.32. The van der Waals surface area contributed by atoms with Crippen molar-refractivity contribution < 1.29 is 14.3 Å². The first-order valence-electron chi connectivity index (χ1n) is 14.8. The van der Waals surface area contributed by atoms with Gasteiger partial charge in [-0.1, -0.05) is 72.8 Å². The van der Waals surface area contributed by atoms with E-state index in [2.05, 4.69) is 40.2 Å². The quantitative estimate of drug-likeness (QED) is 0.0908. The second kappa shape index (κ2) is 16.1. The van der Waals surface area contributed by atoms with Gasteiger partial charge in [0.1, 0.15) is 5.75 Å². The number of methoxy groups -OCH3 is 1. The molecule has 1 aliphatic rings. The van der Waals surface area contributed by atoms with E-state index in [0.29, 0.717) is 45.4 Å². The number of rotatable bonds is 13. The van der Waals surface area contributed by atoms with Gasteiger partial charge in [0.05, 0.1) is 13.2 Å². The van der Waals surface area contributed by atoms with Gasteiger partial charge < -0.3 is 31.3 Å². The van der Waals surface area contributed by atoms with Crippen molar-refractivity contribution in [3.8, 4) is 5.75 Å². The van der Waals surface area contributed by atoms with Gasteiger partial charge in [0.15, 0.2) is 5.96 Å². The standard InChI is InChI=1S/C34H42N6O3/c1-43-29-17-14-25(15-18-29)16-19-32(41)38-23-28-20-22-40(33(42)31(39-28)13-8-21-37-34(35)36)24-30(26-9-4-2-5-10-26)27-11-6-3-7-12-27/h2-7,9-12,14-19,28,30-31,39H,8,13,20-24H2,1H3,(H,38,41)(H4,35,36,37)/b19-16+/t28-,31-/m0/s1. The summed E-state index contributed by atoms with van der Waals surface area (Å²) in [5, 5.41) is 16.8. The minimum absolute atomic E-state index is 0.0331. The first-order valence-corrected chi connectivity index (χ1v) is 14.8. The number of carbonyl (C=O) groups is 2. The Morgan fingerprint density at radius 3 is 2.30 bits per heavy atom. The predicted molar refractivity (Wildman–Crippen MR) is 171 cm³/mol. The van der Waals surface area contributed by atoms with Crippen LogP contribution >= 0.6 is 0 Å². The molecule has 0 unspecified atom stereocenters. The van der Waals surface area contributed by atoms with Gasteiger partial charge in [-0.05, 0) is 54.2 Å². The molecule has 1 saturated heterocycles. The molecule has 1 heterocycles. The molecule has 226 valence electrons. The Balaban J connectivity index is 1.44. The van der Waals surface area contributed by atoms with Crippen LogP contribution in [0.15, 0.2) is 91.0 Å². The third kappa shape index (κ3) is 9.72. The Labute approximate surface area is 254 Å². The average molecular weight is 583 g/mol. The van der Waals surface area contributed by atoms with Crippen LogP contribution < -0.4 is 26.4 Å². The maximum absolute atomic E-state index is 13.9. The van der Waals surface area contributed by atoms with Gasteiger partial charge in [-0.25, -0.2) is 0 Å². The van der Waals surface area contributed by atoms with E-state index >= 15 is 0 Å². The molecule has 4 rings (SSSR count). The average Bonchev–Trinajstić information content (AvgIpc) is 3.18. The number of nitrogens with two attached hydrogens (primary N) is 1. The summed E-state index contributed by atoms with van der Waals surface area (Å²) < 4.78 is 5.19.